The van der Waals surface area contributed by atoms with E-state index in [-0.39, 0.29) is 25.7 Å². The highest BCUT2D eigenvalue weighted by Gasteiger charge is 2.30. The van der Waals surface area contributed by atoms with Crippen LogP contribution in [0.1, 0.15) is 285 Å². The molecule has 3 N–H and O–H groups in total. The highest BCUT2D eigenvalue weighted by molar-refractivity contribution is 7.47. The topological polar surface area (TPSA) is 237 Å². The van der Waals surface area contributed by atoms with Gasteiger partial charge in [-0.25, -0.2) is 9.13 Å². The number of rotatable bonds is 73. The second-order valence-electron chi connectivity index (χ2n) is 25.9. The largest absolute Gasteiger partial charge is 0.472 e. The molecule has 0 aliphatic carbocycles. The molecule has 0 aliphatic rings. The Morgan fingerprint density at radius 3 is 0.877 bits per heavy atom. The molecule has 0 heterocycles. The fraction of sp³-hybridized carbons (Fsp3) is 0.609. The molecule has 0 aromatic rings. The third kappa shape index (κ3) is 76.4. The van der Waals surface area contributed by atoms with Crippen molar-refractivity contribution < 1.29 is 80.2 Å². The molecule has 0 aliphatic heterocycles. The number of aliphatic hydroxyl groups is 1. The molecule has 0 amide bonds. The highest BCUT2D eigenvalue weighted by Crippen LogP contribution is 2.45. The van der Waals surface area contributed by atoms with Crippen LogP contribution in [0.2, 0.25) is 0 Å². The van der Waals surface area contributed by atoms with Crippen LogP contribution in [0.15, 0.2) is 182 Å². The van der Waals surface area contributed by atoms with Gasteiger partial charge in [0.05, 0.1) is 26.4 Å². The maximum atomic E-state index is 13.1. The summed E-state index contributed by atoms with van der Waals surface area (Å²) in [6, 6.07) is 0. The second-order valence-corrected chi connectivity index (χ2v) is 28.8. The predicted molar refractivity (Wildman–Crippen MR) is 436 cm³/mol. The van der Waals surface area contributed by atoms with Crippen molar-refractivity contribution in [3.8, 4) is 0 Å². The molecule has 106 heavy (non-hydrogen) atoms. The fourth-order valence-corrected chi connectivity index (χ4v) is 11.3. The van der Waals surface area contributed by atoms with Crippen LogP contribution in [-0.4, -0.2) is 96.7 Å². The summed E-state index contributed by atoms with van der Waals surface area (Å²) in [7, 11) is -10.0. The normalized spacial score (nSPS) is 14.8. The molecule has 0 fully saturated rings. The zero-order valence-electron chi connectivity index (χ0n) is 65.5. The zero-order valence-corrected chi connectivity index (χ0v) is 67.3. The van der Waals surface area contributed by atoms with Gasteiger partial charge in [-0.05, 0) is 167 Å². The van der Waals surface area contributed by atoms with E-state index >= 15 is 0 Å². The molecule has 600 valence electrons. The number of esters is 4. The number of ether oxygens (including phenoxy) is 4. The van der Waals surface area contributed by atoms with E-state index in [1.165, 1.54) is 64.2 Å². The quantitative estimate of drug-likeness (QED) is 0.0169. The molecule has 19 heteroatoms. The average Bonchev–Trinajstić information content (AvgIpc) is 0.901. The standard InChI is InChI=1S/C87H140O17P2/c1-5-9-13-17-21-25-29-33-36-39-40-43-46-50-54-58-62-66-70-74-87(92)103-82(77-97-84(89)71-67-63-59-55-51-47-32-28-24-20-16-12-8-4)79-101-105(93,94)99-75-81(88)76-100-106(95,96)102-80-83(104-86(91)73-69-65-61-57-53-49-45-42-38-35-31-27-23-19-15-11-7-3)78-98-85(90)72-68-64-60-56-52-48-44-41-37-34-30-26-22-18-14-10-6-2/h9,13,21-23,25-28,32-38,40,43-45,48-50,54,56-57,60-62,66,81-83,88H,5-8,10-12,14-20,24,29-31,39,41-42,46-47,51-53,55,58-59,63-65,67-80H2,1-4H3,(H,93,94)(H,95,96)/b13-9-,25-21-,26-22-,27-23-,32-28-,36-33-,37-34-,38-35-,43-40-,48-44-,49-45-,54-50-,60-56-,61-57-,66-62-/t81-,82+,83+/m0/s1. The van der Waals surface area contributed by atoms with Crippen molar-refractivity contribution in [1.29, 1.82) is 0 Å². The van der Waals surface area contributed by atoms with E-state index in [0.29, 0.717) is 44.9 Å². The van der Waals surface area contributed by atoms with Crippen molar-refractivity contribution >= 4 is 39.5 Å². The van der Waals surface area contributed by atoms with Crippen molar-refractivity contribution in [2.45, 2.75) is 303 Å². The van der Waals surface area contributed by atoms with Gasteiger partial charge in [-0.1, -0.05) is 274 Å². The molecule has 2 unspecified atom stereocenters. The minimum absolute atomic E-state index is 0.00132. The van der Waals surface area contributed by atoms with Crippen molar-refractivity contribution in [3.63, 3.8) is 0 Å². The van der Waals surface area contributed by atoms with E-state index < -0.39 is 97.5 Å². The Balaban J connectivity index is 5.56. The Morgan fingerprint density at radius 1 is 0.274 bits per heavy atom. The summed E-state index contributed by atoms with van der Waals surface area (Å²) in [6.07, 6.45) is 93.3. The van der Waals surface area contributed by atoms with Crippen molar-refractivity contribution in [2.24, 2.45) is 0 Å². The number of phosphoric acid groups is 2. The number of unbranched alkanes of at least 4 members (excludes halogenated alkanes) is 17. The third-order valence-electron chi connectivity index (χ3n) is 15.8. The van der Waals surface area contributed by atoms with E-state index in [0.717, 1.165) is 122 Å². The van der Waals surface area contributed by atoms with Crippen LogP contribution in [0.25, 0.3) is 0 Å². The van der Waals surface area contributed by atoms with Gasteiger partial charge in [-0.15, -0.1) is 0 Å². The maximum absolute atomic E-state index is 13.1. The average molecular weight is 1520 g/mol. The Hall–Kier alpha value is -5.84. The Labute approximate surface area is 641 Å². The lowest BCUT2D eigenvalue weighted by Crippen LogP contribution is -2.30. The van der Waals surface area contributed by atoms with Gasteiger partial charge in [0.15, 0.2) is 12.2 Å². The lowest BCUT2D eigenvalue weighted by atomic mass is 10.1. The lowest BCUT2D eigenvalue weighted by Gasteiger charge is -2.21. The van der Waals surface area contributed by atoms with Crippen LogP contribution in [0.5, 0.6) is 0 Å². The Kier molecular flexibility index (Phi) is 73.1. The summed E-state index contributed by atoms with van der Waals surface area (Å²) in [4.78, 5) is 73.0. The van der Waals surface area contributed by atoms with Gasteiger partial charge in [0.25, 0.3) is 0 Å². The van der Waals surface area contributed by atoms with E-state index in [9.17, 15) is 43.2 Å². The molecule has 17 nitrogen and oxygen atoms in total. The first kappa shape index (κ1) is 100. The Bertz CT molecular complexity index is 2730. The minimum Gasteiger partial charge on any atom is -0.462 e. The van der Waals surface area contributed by atoms with E-state index in [4.69, 9.17) is 37.0 Å². The van der Waals surface area contributed by atoms with Crippen molar-refractivity contribution in [1.82, 2.24) is 0 Å². The van der Waals surface area contributed by atoms with Gasteiger partial charge >= 0.3 is 39.5 Å². The van der Waals surface area contributed by atoms with Gasteiger partial charge in [0, 0.05) is 25.7 Å². The first-order chi connectivity index (χ1) is 51.7. The number of hydrogen-bond donors (Lipinski definition) is 3. The molecule has 0 saturated carbocycles. The Morgan fingerprint density at radius 2 is 0.519 bits per heavy atom. The summed E-state index contributed by atoms with van der Waals surface area (Å²) in [5.41, 5.74) is 0. The molecular formula is C87H140O17P2. The SMILES string of the molecule is CC/C=C\C/C=C\C/C=C\C/C=C\C/C=C\C/C=C\CCC(=O)O[C@H](COC(=O)CCCCCCC/C=C\CCCCCC)COP(=O)(O)OC[C@H](O)COP(=O)(O)OC[C@@H](COC(=O)CCC/C=C\C/C=C\C/C=C\C/C=C\CCCCC)OC(=O)CCC/C=C\C/C=C\C/C=C\C/C=C\CCCCC. The molecule has 0 spiro atoms. The van der Waals surface area contributed by atoms with Gasteiger partial charge in [-0.3, -0.25) is 37.3 Å². The number of carbonyl (C=O) groups excluding carboxylic acids is 4. The fourth-order valence-electron chi connectivity index (χ4n) is 9.75. The summed E-state index contributed by atoms with van der Waals surface area (Å²) in [5, 5.41) is 10.6. The van der Waals surface area contributed by atoms with Crippen LogP contribution < -0.4 is 0 Å². The van der Waals surface area contributed by atoms with Crippen LogP contribution >= 0.6 is 15.6 Å². The van der Waals surface area contributed by atoms with Gasteiger partial charge in [0.2, 0.25) is 0 Å². The predicted octanol–water partition coefficient (Wildman–Crippen LogP) is 23.6. The molecular weight excluding hydrogens is 1380 g/mol. The van der Waals surface area contributed by atoms with Gasteiger partial charge in [0.1, 0.15) is 19.3 Å². The third-order valence-corrected chi connectivity index (χ3v) is 17.7. The molecule has 0 radical (unpaired) electrons. The van der Waals surface area contributed by atoms with Crippen molar-refractivity contribution in [2.75, 3.05) is 39.6 Å². The van der Waals surface area contributed by atoms with Gasteiger partial charge < -0.3 is 33.8 Å². The molecule has 5 atom stereocenters. The zero-order chi connectivity index (χ0) is 77.4. The van der Waals surface area contributed by atoms with E-state index in [1.807, 2.05) is 42.5 Å². The number of hydrogen-bond acceptors (Lipinski definition) is 15. The minimum atomic E-state index is -5.02. The summed E-state index contributed by atoms with van der Waals surface area (Å²) >= 11 is 0. The lowest BCUT2D eigenvalue weighted by molar-refractivity contribution is -0.161. The number of carbonyl (C=O) groups is 4. The monoisotopic (exact) mass is 1520 g/mol. The summed E-state index contributed by atoms with van der Waals surface area (Å²) in [6.45, 7) is 4.44. The van der Waals surface area contributed by atoms with Crippen LogP contribution in [-0.2, 0) is 65.4 Å². The summed E-state index contributed by atoms with van der Waals surface area (Å²) in [5.74, 6) is -2.43. The van der Waals surface area contributed by atoms with Gasteiger partial charge in [-0.2, -0.15) is 0 Å². The van der Waals surface area contributed by atoms with E-state index in [1.54, 1.807) is 0 Å². The number of aliphatic hydroxyl groups excluding tert-OH is 1. The molecule has 0 rings (SSSR count). The highest BCUT2D eigenvalue weighted by atomic mass is 31.2. The van der Waals surface area contributed by atoms with Crippen LogP contribution in [0, 0.1) is 0 Å². The molecule has 0 aromatic heterocycles. The maximum Gasteiger partial charge on any atom is 0.472 e. The first-order valence-corrected chi connectivity index (χ1v) is 43.0. The number of phosphoric ester groups is 2. The van der Waals surface area contributed by atoms with E-state index in [2.05, 4.69) is 167 Å². The second kappa shape index (κ2) is 77.3. The molecule has 0 aromatic carbocycles. The number of allylic oxidation sites excluding steroid dienone is 30. The molecule has 0 saturated heterocycles. The smallest absolute Gasteiger partial charge is 0.462 e. The molecule has 0 bridgehead atoms. The summed E-state index contributed by atoms with van der Waals surface area (Å²) < 4.78 is 68.4. The first-order valence-electron chi connectivity index (χ1n) is 40.0. The van der Waals surface area contributed by atoms with Crippen molar-refractivity contribution in [3.05, 3.63) is 182 Å². The van der Waals surface area contributed by atoms with Crippen LogP contribution in [0.3, 0.4) is 0 Å². The van der Waals surface area contributed by atoms with Crippen LogP contribution in [0.4, 0.5) is 0 Å².